The first kappa shape index (κ1) is 16.1. The van der Waals surface area contributed by atoms with Crippen LogP contribution < -0.4 is 4.57 Å². The number of aryl methyl sites for hydroxylation is 1. The summed E-state index contributed by atoms with van der Waals surface area (Å²) in [6, 6.07) is 10.9. The second kappa shape index (κ2) is 6.03. The lowest BCUT2D eigenvalue weighted by Crippen LogP contribution is -2.32. The molecule has 0 spiro atoms. The summed E-state index contributed by atoms with van der Waals surface area (Å²) < 4.78 is 68.6. The van der Waals surface area contributed by atoms with E-state index < -0.39 is 34.6 Å². The van der Waals surface area contributed by atoms with E-state index in [2.05, 4.69) is 0 Å². The largest absolute Gasteiger partial charge is 0.212 e. The van der Waals surface area contributed by atoms with E-state index in [1.165, 1.54) is 6.08 Å². The molecule has 0 unspecified atom stereocenters. The van der Waals surface area contributed by atoms with Crippen molar-refractivity contribution in [2.45, 2.75) is 0 Å². The Hall–Kier alpha value is -2.76. The van der Waals surface area contributed by atoms with Gasteiger partial charge in [0.05, 0.1) is 5.56 Å². The van der Waals surface area contributed by atoms with Crippen molar-refractivity contribution >= 4 is 23.1 Å². The first-order valence-electron chi connectivity index (χ1n) is 6.99. The summed E-state index contributed by atoms with van der Waals surface area (Å²) in [4.78, 5) is 0. The highest BCUT2D eigenvalue weighted by atomic mass is 19.2. The summed E-state index contributed by atoms with van der Waals surface area (Å²) >= 11 is 0. The number of nitrogens with zero attached hydrogens (tertiary/aromatic N) is 1. The van der Waals surface area contributed by atoms with Crippen molar-refractivity contribution in [1.29, 1.82) is 0 Å². The van der Waals surface area contributed by atoms with Gasteiger partial charge in [0, 0.05) is 23.6 Å². The summed E-state index contributed by atoms with van der Waals surface area (Å²) in [7, 11) is 1.74. The molecule has 0 N–H and O–H groups in total. The van der Waals surface area contributed by atoms with E-state index in [0.717, 1.165) is 17.0 Å². The van der Waals surface area contributed by atoms with Gasteiger partial charge in [-0.25, -0.2) is 22.0 Å². The van der Waals surface area contributed by atoms with Gasteiger partial charge >= 0.3 is 0 Å². The van der Waals surface area contributed by atoms with Crippen LogP contribution in [0.2, 0.25) is 0 Å². The van der Waals surface area contributed by atoms with E-state index in [-0.39, 0.29) is 0 Å². The molecule has 0 fully saturated rings. The second-order valence-electron chi connectivity index (χ2n) is 5.19. The maximum absolute atomic E-state index is 13.7. The average molecular weight is 336 g/mol. The maximum Gasteiger partial charge on any atom is 0.212 e. The zero-order valence-electron chi connectivity index (χ0n) is 12.5. The Balaban J connectivity index is 2.11. The Morgan fingerprint density at radius 1 is 0.708 bits per heavy atom. The minimum Gasteiger partial charge on any atom is -0.203 e. The molecular formula is C18H11F5N+. The molecule has 1 heterocycles. The van der Waals surface area contributed by atoms with Gasteiger partial charge in [-0.3, -0.25) is 0 Å². The summed E-state index contributed by atoms with van der Waals surface area (Å²) in [5, 5.41) is 0.952. The van der Waals surface area contributed by atoms with Gasteiger partial charge in [-0.05, 0) is 18.2 Å². The fourth-order valence-corrected chi connectivity index (χ4v) is 2.46. The predicted molar refractivity (Wildman–Crippen MR) is 80.3 cm³/mol. The fourth-order valence-electron chi connectivity index (χ4n) is 2.46. The van der Waals surface area contributed by atoms with Crippen LogP contribution in [0.4, 0.5) is 22.0 Å². The van der Waals surface area contributed by atoms with Crippen LogP contribution in [0.5, 0.6) is 0 Å². The zero-order valence-corrected chi connectivity index (χ0v) is 12.5. The van der Waals surface area contributed by atoms with Crippen molar-refractivity contribution in [3.05, 3.63) is 76.7 Å². The van der Waals surface area contributed by atoms with Crippen LogP contribution in [0.3, 0.4) is 0 Å². The molecule has 0 bridgehead atoms. The number of para-hydroxylation sites is 1. The fraction of sp³-hybridized carbons (Fsp3) is 0.0556. The Labute approximate surface area is 134 Å². The number of aromatic nitrogens is 1. The molecule has 3 rings (SSSR count). The van der Waals surface area contributed by atoms with Gasteiger partial charge in [0.2, 0.25) is 17.0 Å². The van der Waals surface area contributed by atoms with Crippen molar-refractivity contribution in [2.75, 3.05) is 0 Å². The summed E-state index contributed by atoms with van der Waals surface area (Å²) in [5.41, 5.74) is 0.425. The van der Waals surface area contributed by atoms with E-state index in [4.69, 9.17) is 0 Å². The molecule has 24 heavy (non-hydrogen) atoms. The summed E-state index contributed by atoms with van der Waals surface area (Å²) in [5.74, 6) is -9.80. The Morgan fingerprint density at radius 3 is 1.96 bits per heavy atom. The summed E-state index contributed by atoms with van der Waals surface area (Å²) in [6.07, 6.45) is 2.17. The molecular weight excluding hydrogens is 325 g/mol. The van der Waals surface area contributed by atoms with Gasteiger partial charge in [0.15, 0.2) is 23.3 Å². The topological polar surface area (TPSA) is 3.88 Å². The Morgan fingerprint density at radius 2 is 1.29 bits per heavy atom. The lowest BCUT2D eigenvalue weighted by atomic mass is 10.1. The SMILES string of the molecule is C[n+]1c(/C=C/c2c(F)c(F)c(F)c(F)c2F)ccc2ccccc21. The highest BCUT2D eigenvalue weighted by molar-refractivity contribution is 5.77. The van der Waals surface area contributed by atoms with Gasteiger partial charge in [-0.15, -0.1) is 0 Å². The molecule has 0 saturated heterocycles. The van der Waals surface area contributed by atoms with Crippen LogP contribution in [-0.2, 0) is 7.05 Å². The molecule has 0 aliphatic heterocycles. The molecule has 0 radical (unpaired) electrons. The zero-order chi connectivity index (χ0) is 17.4. The van der Waals surface area contributed by atoms with E-state index in [1.807, 2.05) is 24.3 Å². The third-order valence-electron chi connectivity index (χ3n) is 3.78. The molecule has 2 aromatic carbocycles. The number of pyridine rings is 1. The first-order chi connectivity index (χ1) is 11.4. The molecule has 3 aromatic rings. The molecule has 6 heteroatoms. The first-order valence-corrected chi connectivity index (χ1v) is 6.99. The number of hydrogen-bond acceptors (Lipinski definition) is 0. The van der Waals surface area contributed by atoms with Crippen molar-refractivity contribution < 1.29 is 26.5 Å². The second-order valence-corrected chi connectivity index (χ2v) is 5.19. The molecule has 0 aliphatic carbocycles. The van der Waals surface area contributed by atoms with Crippen LogP contribution in [0.15, 0.2) is 36.4 Å². The van der Waals surface area contributed by atoms with Crippen LogP contribution in [0.1, 0.15) is 11.3 Å². The summed E-state index contributed by atoms with van der Waals surface area (Å²) in [6.45, 7) is 0. The van der Waals surface area contributed by atoms with E-state index in [0.29, 0.717) is 5.69 Å². The standard InChI is InChI=1S/C18H11F5N/c1-24-11(7-6-10-4-2-3-5-13(10)24)8-9-12-14(19)16(21)18(23)17(22)15(12)20/h2-9H,1H3/q+1/b9-8+. The minimum absolute atomic E-state index is 0.539. The van der Waals surface area contributed by atoms with Crippen LogP contribution in [-0.4, -0.2) is 0 Å². The van der Waals surface area contributed by atoms with Gasteiger partial charge < -0.3 is 0 Å². The van der Waals surface area contributed by atoms with Crippen molar-refractivity contribution in [1.82, 2.24) is 0 Å². The number of hydrogen-bond donors (Lipinski definition) is 0. The number of fused-ring (bicyclic) bond motifs is 1. The van der Waals surface area contributed by atoms with Crippen molar-refractivity contribution in [3.63, 3.8) is 0 Å². The quantitative estimate of drug-likeness (QED) is 0.280. The lowest BCUT2D eigenvalue weighted by molar-refractivity contribution is -0.646. The molecule has 1 nitrogen and oxygen atoms in total. The van der Waals surface area contributed by atoms with E-state index >= 15 is 0 Å². The maximum atomic E-state index is 13.7. The molecule has 0 amide bonds. The van der Waals surface area contributed by atoms with Gasteiger partial charge in [0.25, 0.3) is 0 Å². The Kier molecular flexibility index (Phi) is 4.05. The number of benzene rings is 2. The van der Waals surface area contributed by atoms with Crippen molar-refractivity contribution in [3.8, 4) is 0 Å². The minimum atomic E-state index is -2.17. The highest BCUT2D eigenvalue weighted by Gasteiger charge is 2.24. The highest BCUT2D eigenvalue weighted by Crippen LogP contribution is 2.24. The predicted octanol–water partition coefficient (Wildman–Crippen LogP) is 4.53. The van der Waals surface area contributed by atoms with Crippen LogP contribution >= 0.6 is 0 Å². The smallest absolute Gasteiger partial charge is 0.203 e. The van der Waals surface area contributed by atoms with Crippen LogP contribution in [0, 0.1) is 29.1 Å². The van der Waals surface area contributed by atoms with Gasteiger partial charge in [-0.1, -0.05) is 12.1 Å². The van der Waals surface area contributed by atoms with E-state index in [9.17, 15) is 22.0 Å². The van der Waals surface area contributed by atoms with E-state index in [1.54, 1.807) is 23.7 Å². The average Bonchev–Trinajstić information content (AvgIpc) is 2.60. The molecule has 0 aliphatic rings. The number of halogens is 5. The lowest BCUT2D eigenvalue weighted by Gasteiger charge is -2.04. The van der Waals surface area contributed by atoms with Gasteiger partial charge in [-0.2, -0.15) is 4.57 Å². The Bertz CT molecular complexity index is 950. The third-order valence-corrected chi connectivity index (χ3v) is 3.78. The molecule has 0 atom stereocenters. The number of rotatable bonds is 2. The molecule has 1 aromatic heterocycles. The molecule has 0 saturated carbocycles. The van der Waals surface area contributed by atoms with Crippen molar-refractivity contribution in [2.24, 2.45) is 7.05 Å². The monoisotopic (exact) mass is 336 g/mol. The normalized spacial score (nSPS) is 11.6. The molecule has 122 valence electrons. The van der Waals surface area contributed by atoms with Gasteiger partial charge in [0.1, 0.15) is 7.05 Å². The van der Waals surface area contributed by atoms with Crippen LogP contribution in [0.25, 0.3) is 23.1 Å². The third kappa shape index (κ3) is 2.54.